The van der Waals surface area contributed by atoms with Gasteiger partial charge in [-0.15, -0.1) is 0 Å². The van der Waals surface area contributed by atoms with Crippen molar-refractivity contribution in [3.05, 3.63) is 47.0 Å². The number of aryl methyl sites for hydroxylation is 1. The molecule has 0 unspecified atom stereocenters. The Morgan fingerprint density at radius 2 is 2.39 bits per heavy atom. The van der Waals surface area contributed by atoms with Crippen LogP contribution in [0.5, 0.6) is 0 Å². The van der Waals surface area contributed by atoms with E-state index >= 15 is 0 Å². The van der Waals surface area contributed by atoms with E-state index in [9.17, 15) is 4.79 Å². The Labute approximate surface area is 103 Å². The van der Waals surface area contributed by atoms with E-state index < -0.39 is 5.97 Å². The van der Waals surface area contributed by atoms with Gasteiger partial charge in [0.2, 0.25) is 0 Å². The topological polar surface area (TPSA) is 91.8 Å². The zero-order valence-corrected chi connectivity index (χ0v) is 9.66. The van der Waals surface area contributed by atoms with Gasteiger partial charge < -0.3 is 5.11 Å². The Morgan fingerprint density at radius 1 is 1.61 bits per heavy atom. The summed E-state index contributed by atoms with van der Waals surface area (Å²) in [6, 6.07) is 5.37. The summed E-state index contributed by atoms with van der Waals surface area (Å²) in [7, 11) is 0. The second kappa shape index (κ2) is 4.67. The van der Waals surface area contributed by atoms with Crippen LogP contribution in [0, 0.1) is 18.3 Å². The lowest BCUT2D eigenvalue weighted by atomic mass is 10.2. The van der Waals surface area contributed by atoms with Crippen LogP contribution >= 0.6 is 0 Å². The fraction of sp³-hybridized carbons (Fsp3) is 0.167. The van der Waals surface area contributed by atoms with Crippen molar-refractivity contribution in [1.29, 1.82) is 5.26 Å². The molecule has 90 valence electrons. The zero-order valence-electron chi connectivity index (χ0n) is 9.66. The molecule has 0 atom stereocenters. The number of nitriles is 1. The maximum absolute atomic E-state index is 10.9. The van der Waals surface area contributed by atoms with Crippen LogP contribution in [0.3, 0.4) is 0 Å². The number of aromatic carboxylic acids is 1. The van der Waals surface area contributed by atoms with Crippen LogP contribution < -0.4 is 0 Å². The first-order chi connectivity index (χ1) is 8.60. The summed E-state index contributed by atoms with van der Waals surface area (Å²) in [5.74, 6) is -0.994. The van der Waals surface area contributed by atoms with Crippen LogP contribution in [0.25, 0.3) is 0 Å². The van der Waals surface area contributed by atoms with Crippen LogP contribution in [-0.2, 0) is 6.54 Å². The average Bonchev–Trinajstić information content (AvgIpc) is 2.70. The number of aromatic nitrogens is 3. The molecule has 1 N–H and O–H groups in total. The van der Waals surface area contributed by atoms with E-state index in [1.807, 2.05) is 6.07 Å². The maximum Gasteiger partial charge on any atom is 0.339 e. The standard InChI is InChI=1S/C12H10N4O2/c1-8-11(12(17)18)7-16(15-8)6-9-2-3-14-10(4-9)5-13/h2-4,7H,6H2,1H3,(H,17,18). The minimum Gasteiger partial charge on any atom is -0.478 e. The van der Waals surface area contributed by atoms with Crippen molar-refractivity contribution in [3.63, 3.8) is 0 Å². The maximum atomic E-state index is 10.9. The molecule has 0 bridgehead atoms. The van der Waals surface area contributed by atoms with Crippen LogP contribution in [-0.4, -0.2) is 25.8 Å². The average molecular weight is 242 g/mol. The fourth-order valence-corrected chi connectivity index (χ4v) is 1.63. The number of pyridine rings is 1. The first kappa shape index (κ1) is 11.8. The molecule has 2 aromatic rings. The van der Waals surface area contributed by atoms with Gasteiger partial charge in [0.25, 0.3) is 0 Å². The van der Waals surface area contributed by atoms with E-state index in [0.717, 1.165) is 5.56 Å². The Morgan fingerprint density at radius 3 is 3.00 bits per heavy atom. The van der Waals surface area contributed by atoms with Gasteiger partial charge >= 0.3 is 5.97 Å². The number of rotatable bonds is 3. The number of carbonyl (C=O) groups is 1. The molecule has 18 heavy (non-hydrogen) atoms. The number of hydrogen-bond donors (Lipinski definition) is 1. The Bertz CT molecular complexity index is 640. The van der Waals surface area contributed by atoms with Crippen LogP contribution in [0.4, 0.5) is 0 Å². The second-order valence-electron chi connectivity index (χ2n) is 3.79. The highest BCUT2D eigenvalue weighted by Crippen LogP contribution is 2.08. The van der Waals surface area contributed by atoms with E-state index in [-0.39, 0.29) is 5.56 Å². The Hall–Kier alpha value is -2.68. The van der Waals surface area contributed by atoms with Crippen molar-refractivity contribution < 1.29 is 9.90 Å². The fourth-order valence-electron chi connectivity index (χ4n) is 1.63. The Balaban J connectivity index is 2.26. The molecule has 0 aliphatic carbocycles. The number of carboxylic acid groups (broad SMARTS) is 1. The monoisotopic (exact) mass is 242 g/mol. The van der Waals surface area contributed by atoms with Crippen molar-refractivity contribution in [2.24, 2.45) is 0 Å². The molecule has 0 saturated carbocycles. The molecule has 0 aliphatic heterocycles. The molecular weight excluding hydrogens is 232 g/mol. The predicted molar refractivity (Wildman–Crippen MR) is 62.0 cm³/mol. The molecule has 0 saturated heterocycles. The van der Waals surface area contributed by atoms with Crippen molar-refractivity contribution in [3.8, 4) is 6.07 Å². The summed E-state index contributed by atoms with van der Waals surface area (Å²) in [4.78, 5) is 14.7. The minimum absolute atomic E-state index is 0.185. The van der Waals surface area contributed by atoms with Crippen LogP contribution in [0.2, 0.25) is 0 Å². The lowest BCUT2D eigenvalue weighted by molar-refractivity contribution is 0.0696. The molecule has 2 rings (SSSR count). The normalized spacial score (nSPS) is 10.0. The molecule has 0 radical (unpaired) electrons. The third-order valence-electron chi connectivity index (χ3n) is 2.46. The third-order valence-corrected chi connectivity index (χ3v) is 2.46. The van der Waals surface area contributed by atoms with E-state index in [1.165, 1.54) is 10.9 Å². The number of nitrogens with zero attached hydrogens (tertiary/aromatic N) is 4. The highest BCUT2D eigenvalue weighted by molar-refractivity contribution is 5.88. The van der Waals surface area contributed by atoms with E-state index in [0.29, 0.717) is 17.9 Å². The van der Waals surface area contributed by atoms with Crippen molar-refractivity contribution in [2.75, 3.05) is 0 Å². The third kappa shape index (κ3) is 2.35. The zero-order chi connectivity index (χ0) is 13.1. The quantitative estimate of drug-likeness (QED) is 0.873. The molecule has 0 aliphatic rings. The van der Waals surface area contributed by atoms with E-state index in [4.69, 9.17) is 10.4 Å². The smallest absolute Gasteiger partial charge is 0.339 e. The predicted octanol–water partition coefficient (Wildman–Crippen LogP) is 1.20. The van der Waals surface area contributed by atoms with Crippen molar-refractivity contribution in [1.82, 2.24) is 14.8 Å². The van der Waals surface area contributed by atoms with Crippen LogP contribution in [0.1, 0.15) is 27.3 Å². The molecular formula is C12H10N4O2. The number of carboxylic acids is 1. The van der Waals surface area contributed by atoms with Gasteiger partial charge in [-0.2, -0.15) is 10.4 Å². The molecule has 0 spiro atoms. The van der Waals surface area contributed by atoms with Gasteiger partial charge in [-0.05, 0) is 24.6 Å². The highest BCUT2D eigenvalue weighted by atomic mass is 16.4. The first-order valence-electron chi connectivity index (χ1n) is 5.22. The van der Waals surface area contributed by atoms with E-state index in [2.05, 4.69) is 10.1 Å². The first-order valence-corrected chi connectivity index (χ1v) is 5.22. The van der Waals surface area contributed by atoms with Gasteiger partial charge in [0.05, 0.1) is 12.2 Å². The molecule has 0 fully saturated rings. The van der Waals surface area contributed by atoms with Gasteiger partial charge in [0.15, 0.2) is 0 Å². The van der Waals surface area contributed by atoms with Gasteiger partial charge in [0, 0.05) is 12.4 Å². The second-order valence-corrected chi connectivity index (χ2v) is 3.79. The molecule has 2 heterocycles. The summed E-state index contributed by atoms with van der Waals surface area (Å²) in [5.41, 5.74) is 1.83. The Kier molecular flexibility index (Phi) is 3.06. The van der Waals surface area contributed by atoms with Gasteiger partial charge in [-0.3, -0.25) is 4.68 Å². The lowest BCUT2D eigenvalue weighted by Crippen LogP contribution is -2.01. The van der Waals surface area contributed by atoms with Gasteiger partial charge in [-0.25, -0.2) is 9.78 Å². The molecule has 6 heteroatoms. The summed E-state index contributed by atoms with van der Waals surface area (Å²) < 4.78 is 1.54. The number of hydrogen-bond acceptors (Lipinski definition) is 4. The highest BCUT2D eigenvalue weighted by Gasteiger charge is 2.11. The van der Waals surface area contributed by atoms with Gasteiger partial charge in [0.1, 0.15) is 17.3 Å². The summed E-state index contributed by atoms with van der Waals surface area (Å²) >= 11 is 0. The van der Waals surface area contributed by atoms with Crippen LogP contribution in [0.15, 0.2) is 24.5 Å². The minimum atomic E-state index is -0.994. The molecule has 0 aromatic carbocycles. The summed E-state index contributed by atoms with van der Waals surface area (Å²) in [6.45, 7) is 2.05. The molecule has 0 amide bonds. The molecule has 6 nitrogen and oxygen atoms in total. The lowest BCUT2D eigenvalue weighted by Gasteiger charge is -2.01. The van der Waals surface area contributed by atoms with Crippen molar-refractivity contribution in [2.45, 2.75) is 13.5 Å². The van der Waals surface area contributed by atoms with E-state index in [1.54, 1.807) is 25.3 Å². The molecule has 2 aromatic heterocycles. The van der Waals surface area contributed by atoms with Crippen molar-refractivity contribution >= 4 is 5.97 Å². The van der Waals surface area contributed by atoms with Gasteiger partial charge in [-0.1, -0.05) is 0 Å². The SMILES string of the molecule is Cc1nn(Cc2ccnc(C#N)c2)cc1C(=O)O. The summed E-state index contributed by atoms with van der Waals surface area (Å²) in [6.07, 6.45) is 3.02. The summed E-state index contributed by atoms with van der Waals surface area (Å²) in [5, 5.41) is 21.8. The largest absolute Gasteiger partial charge is 0.478 e.